The Morgan fingerprint density at radius 1 is 0.737 bits per heavy atom. The molecule has 1 unspecified atom stereocenters. The minimum atomic E-state index is -5.59. The molecule has 3 heterocycles. The van der Waals surface area contributed by atoms with Gasteiger partial charge < -0.3 is 34.7 Å². The molecule has 0 bridgehead atoms. The van der Waals surface area contributed by atoms with Gasteiger partial charge in [0, 0.05) is 70.6 Å². The summed E-state index contributed by atoms with van der Waals surface area (Å²) in [5.41, 5.74) is 5.61. The minimum absolute atomic E-state index is 0.0395. The van der Waals surface area contributed by atoms with Gasteiger partial charge in [0.2, 0.25) is 31.3 Å². The maximum absolute atomic E-state index is 16.3. The van der Waals surface area contributed by atoms with Crippen LogP contribution in [0.15, 0.2) is 95.8 Å². The topological polar surface area (TPSA) is 286 Å². The third-order valence-corrected chi connectivity index (χ3v) is 19.9. The lowest BCUT2D eigenvalue weighted by Crippen LogP contribution is -2.54. The Morgan fingerprint density at radius 3 is 1.93 bits per heavy atom. The zero-order valence-electron chi connectivity index (χ0n) is 58.2. The normalized spacial score (nSPS) is 17.5. The fourth-order valence-corrected chi connectivity index (χ4v) is 13.5. The Balaban J connectivity index is 0.776. The van der Waals surface area contributed by atoms with E-state index in [1.54, 1.807) is 30.0 Å². The first-order valence-electron chi connectivity index (χ1n) is 33.9. The lowest BCUT2D eigenvalue weighted by molar-refractivity contribution is -0.163. The van der Waals surface area contributed by atoms with Crippen LogP contribution < -0.4 is 21.6 Å². The van der Waals surface area contributed by atoms with Crippen molar-refractivity contribution in [2.75, 3.05) is 44.9 Å². The lowest BCUT2D eigenvalue weighted by Gasteiger charge is -2.31. The molecule has 0 radical (unpaired) electrons. The first-order chi connectivity index (χ1) is 46.9. The van der Waals surface area contributed by atoms with Crippen LogP contribution in [0.4, 0.5) is 14.5 Å². The molecule has 1 aromatic heterocycles. The molecule has 8 rings (SSSR count). The number of nitrogens with two attached hydrogens (primary N) is 1. The third kappa shape index (κ3) is 20.0. The summed E-state index contributed by atoms with van der Waals surface area (Å²) in [7, 11) is -3.89. The zero-order chi connectivity index (χ0) is 72.0. The number of Topliss-reactive ketones (excluding diaryl/α,β-unsaturated/α-hetero) is 2. The molecule has 22 nitrogen and oxygen atoms in total. The molecule has 4 aromatic carbocycles. The van der Waals surface area contributed by atoms with Crippen molar-refractivity contribution in [3.05, 3.63) is 140 Å². The Bertz CT molecular complexity index is 3850. The van der Waals surface area contributed by atoms with E-state index in [1.165, 1.54) is 64.7 Å². The second-order valence-corrected chi connectivity index (χ2v) is 30.0. The van der Waals surface area contributed by atoms with Crippen molar-refractivity contribution < 1.29 is 84.4 Å². The van der Waals surface area contributed by atoms with Gasteiger partial charge in [-0.15, -0.1) is 0 Å². The number of allylic oxidation sites excluding steroid dienone is 2. The quantitative estimate of drug-likeness (QED) is 0.00951. The predicted molar refractivity (Wildman–Crippen MR) is 366 cm³/mol. The number of primary amides is 1. The van der Waals surface area contributed by atoms with Gasteiger partial charge in [0.05, 0.1) is 58.8 Å². The molecule has 1 saturated carbocycles. The number of esters is 2. The number of ketones is 3. The average Bonchev–Trinajstić information content (AvgIpc) is 1.66. The zero-order valence-corrected chi connectivity index (χ0v) is 59.1. The SMILES string of the molecule is C/C(=C\C(=O)C[C@H]1CCc2cccc3c2N(C1=O)[C@H](C(=O)N[C@@H](CCC(N)=O)[C@@H](C)OCc1ccc(CCCOCCCCOCCCc2ccc4c(c2)n(C)c(=O)n4C2CCC(=O)CC2=O)cc1)C3)c1ccc(C(F)(F)P(=O)(OCOC(=O)C(C)(C)C)OCOC(=O)C(C)(C)C)cc1. The number of hydrogen-bond donors (Lipinski definition) is 2. The summed E-state index contributed by atoms with van der Waals surface area (Å²) in [6, 6.07) is 21.8. The fourth-order valence-electron chi connectivity index (χ4n) is 12.3. The van der Waals surface area contributed by atoms with E-state index < -0.39 is 109 Å². The number of amides is 3. The number of nitrogens with one attached hydrogen (secondary N) is 1. The van der Waals surface area contributed by atoms with E-state index in [2.05, 4.69) is 5.32 Å². The number of halogens is 2. The number of carbonyl (C=O) groups excluding carboxylic acids is 8. The Labute approximate surface area is 576 Å². The van der Waals surface area contributed by atoms with Gasteiger partial charge in [-0.2, -0.15) is 8.78 Å². The second-order valence-electron chi connectivity index (χ2n) is 27.9. The van der Waals surface area contributed by atoms with Crippen LogP contribution in [0.2, 0.25) is 0 Å². The van der Waals surface area contributed by atoms with Crippen LogP contribution in [0.25, 0.3) is 16.6 Å². The lowest BCUT2D eigenvalue weighted by atomic mass is 9.92. The molecule has 3 aliphatic rings. The molecule has 5 atom stereocenters. The molecule has 536 valence electrons. The van der Waals surface area contributed by atoms with Gasteiger partial charge in [-0.1, -0.05) is 72.8 Å². The highest BCUT2D eigenvalue weighted by molar-refractivity contribution is 7.54. The Hall–Kier alpha value is -7.86. The Morgan fingerprint density at radius 2 is 1.32 bits per heavy atom. The Kier molecular flexibility index (Phi) is 26.4. The highest BCUT2D eigenvalue weighted by atomic mass is 31.2. The van der Waals surface area contributed by atoms with Crippen LogP contribution >= 0.6 is 7.60 Å². The molecule has 1 fully saturated rings. The maximum Gasteiger partial charge on any atom is 0.410 e. The number of aryl methyl sites for hydroxylation is 4. The molecule has 3 N–H and O–H groups in total. The van der Waals surface area contributed by atoms with E-state index in [4.69, 9.17) is 38.5 Å². The summed E-state index contributed by atoms with van der Waals surface area (Å²) in [6.07, 6.45) is 7.06. The number of anilines is 1. The van der Waals surface area contributed by atoms with Gasteiger partial charge in [0.15, 0.2) is 11.6 Å². The highest BCUT2D eigenvalue weighted by Crippen LogP contribution is 2.67. The molecule has 3 amide bonds. The van der Waals surface area contributed by atoms with E-state index in [9.17, 15) is 47.7 Å². The largest absolute Gasteiger partial charge is 0.438 e. The van der Waals surface area contributed by atoms with Gasteiger partial charge in [0.25, 0.3) is 0 Å². The summed E-state index contributed by atoms with van der Waals surface area (Å²) in [5.74, 6) is -4.66. The molecule has 0 spiro atoms. The molecule has 1 aliphatic carbocycles. The van der Waals surface area contributed by atoms with Crippen LogP contribution in [-0.4, -0.2) is 114 Å². The number of benzene rings is 4. The summed E-state index contributed by atoms with van der Waals surface area (Å²) in [6.45, 7) is 12.9. The number of rotatable bonds is 35. The predicted octanol–water partition coefficient (Wildman–Crippen LogP) is 11.2. The van der Waals surface area contributed by atoms with Crippen molar-refractivity contribution in [3.63, 3.8) is 0 Å². The molecule has 99 heavy (non-hydrogen) atoms. The van der Waals surface area contributed by atoms with Crippen LogP contribution in [0.1, 0.15) is 171 Å². The van der Waals surface area contributed by atoms with Crippen molar-refractivity contribution in [2.24, 2.45) is 29.5 Å². The summed E-state index contributed by atoms with van der Waals surface area (Å²) >= 11 is 0. The number of carbonyl (C=O) groups is 8. The third-order valence-electron chi connectivity index (χ3n) is 18.1. The van der Waals surface area contributed by atoms with E-state index in [0.29, 0.717) is 74.5 Å². The van der Waals surface area contributed by atoms with Crippen molar-refractivity contribution in [2.45, 2.75) is 188 Å². The van der Waals surface area contributed by atoms with Crippen molar-refractivity contribution in [3.8, 4) is 0 Å². The summed E-state index contributed by atoms with van der Waals surface area (Å²) in [5, 5.41) is 3.08. The van der Waals surface area contributed by atoms with Crippen LogP contribution in [0.5, 0.6) is 0 Å². The molecule has 2 aliphatic heterocycles. The maximum atomic E-state index is 16.3. The van der Waals surface area contributed by atoms with Crippen molar-refractivity contribution in [1.29, 1.82) is 0 Å². The molecule has 25 heteroatoms. The molecular weight excluding hydrogens is 1300 g/mol. The number of hydrogen-bond acceptors (Lipinski definition) is 17. The van der Waals surface area contributed by atoms with Gasteiger partial charge in [0.1, 0.15) is 11.8 Å². The number of unbranched alkanes of at least 4 members (excludes halogenated alkanes) is 1. The minimum Gasteiger partial charge on any atom is -0.438 e. The van der Waals surface area contributed by atoms with E-state index in [1.807, 2.05) is 60.7 Å². The number of fused-ring (bicyclic) bond motifs is 1. The first kappa shape index (κ1) is 76.9. The smallest absolute Gasteiger partial charge is 0.410 e. The summed E-state index contributed by atoms with van der Waals surface area (Å²) < 4.78 is 87.6. The van der Waals surface area contributed by atoms with Gasteiger partial charge in [-0.05, 0) is 177 Å². The number of para-hydroxylation sites is 1. The number of aromatic nitrogens is 2. The fraction of sp³-hybridized carbons (Fsp3) is 0.527. The number of alkyl halides is 2. The van der Waals surface area contributed by atoms with E-state index in [0.717, 1.165) is 84.0 Å². The highest BCUT2D eigenvalue weighted by Gasteiger charge is 2.56. The molecule has 0 saturated heterocycles. The standard InChI is InChI=1S/C74H94F2N5O17P/c1-47(52-26-28-56(29-27-52)74(75,76)99(91,97-45-95-69(88)72(3,4)5)98-46-96-70(89)73(6,7)8)39-58(83)41-55-25-24-53-17-12-18-54-42-63(81(66(53)54)68(55)87)67(86)78-59(31-34-65(77)85)48(2)94-44-51-21-19-49(20-22-51)15-13-37-92-35-10-11-36-93-38-14-16-50-23-32-60-62(40-50)79(9)71(90)80(60)61-33-30-57(82)43-64(61)84/h12,17-23,26-29,32,39-40,48,55,59,61,63H,10-11,13-16,24-25,30-31,33-38,41-46H2,1-9H3,(H2,77,85)(H,78,86)/b47-39+/t48-,55-,59+,61?,63+/m1/s1. The van der Waals surface area contributed by atoms with E-state index >= 15 is 8.78 Å². The average molecular weight is 1390 g/mol. The van der Waals surface area contributed by atoms with Crippen molar-refractivity contribution in [1.82, 2.24) is 14.5 Å². The van der Waals surface area contributed by atoms with Crippen LogP contribution in [0, 0.1) is 16.7 Å². The molecule has 5 aromatic rings. The first-order valence-corrected chi connectivity index (χ1v) is 35.5. The molecular formula is C74H94F2N5O17P. The number of ether oxygens (including phenoxy) is 5. The van der Waals surface area contributed by atoms with Crippen molar-refractivity contribution >= 4 is 76.9 Å². The monoisotopic (exact) mass is 1390 g/mol. The van der Waals surface area contributed by atoms with Gasteiger partial charge in [-0.3, -0.25) is 66.0 Å². The number of nitrogens with zero attached hydrogens (tertiary/aromatic N) is 3. The number of imidazole rings is 1. The summed E-state index contributed by atoms with van der Waals surface area (Å²) in [4.78, 5) is 119. The van der Waals surface area contributed by atoms with Gasteiger partial charge >= 0.3 is 30.9 Å². The van der Waals surface area contributed by atoms with Crippen LogP contribution in [-0.2, 0) is 121 Å². The van der Waals surface area contributed by atoms with Gasteiger partial charge in [-0.25, -0.2) is 4.79 Å². The van der Waals surface area contributed by atoms with Crippen LogP contribution in [0.3, 0.4) is 0 Å². The van der Waals surface area contributed by atoms with E-state index in [-0.39, 0.29) is 56.0 Å². The second kappa shape index (κ2) is 34.0.